The first kappa shape index (κ1) is 33.7. The summed E-state index contributed by atoms with van der Waals surface area (Å²) in [6.07, 6.45) is 4.97. The van der Waals surface area contributed by atoms with Crippen LogP contribution in [0.2, 0.25) is 0 Å². The van der Waals surface area contributed by atoms with Crippen LogP contribution in [0.15, 0.2) is 47.1 Å². The van der Waals surface area contributed by atoms with Crippen molar-refractivity contribution in [2.75, 3.05) is 74.7 Å². The first-order valence-electron chi connectivity index (χ1n) is 16.7. The van der Waals surface area contributed by atoms with Crippen molar-refractivity contribution in [3.8, 4) is 5.75 Å². The SMILES string of the molecule is CCOc1cc(N2CCC(N3CCNCC3)CC2)c(CC)cc1Nc1ncc(Br)c(Nc2ccc3nc(C)ccc3c2P(C)(C)=O)n1. The number of benzene rings is 2. The van der Waals surface area contributed by atoms with Gasteiger partial charge in [0, 0.05) is 79.6 Å². The number of piperazine rings is 1. The minimum atomic E-state index is -2.69. The van der Waals surface area contributed by atoms with Crippen molar-refractivity contribution in [3.05, 3.63) is 58.3 Å². The van der Waals surface area contributed by atoms with Crippen molar-refractivity contribution in [1.29, 1.82) is 0 Å². The molecule has 2 fully saturated rings. The van der Waals surface area contributed by atoms with Gasteiger partial charge in [-0.05, 0) is 92.2 Å². The van der Waals surface area contributed by atoms with E-state index in [1.807, 2.05) is 38.1 Å². The molecular formula is C35H46BrN8O2P. The normalized spacial score (nSPS) is 16.4. The number of anilines is 5. The fourth-order valence-corrected chi connectivity index (χ4v) is 8.59. The molecule has 0 bridgehead atoms. The van der Waals surface area contributed by atoms with Gasteiger partial charge in [-0.2, -0.15) is 4.98 Å². The maximum atomic E-state index is 13.6. The molecule has 10 nitrogen and oxygen atoms in total. The van der Waals surface area contributed by atoms with E-state index in [4.69, 9.17) is 9.72 Å². The highest BCUT2D eigenvalue weighted by molar-refractivity contribution is 9.10. The molecule has 6 rings (SSSR count). The highest BCUT2D eigenvalue weighted by atomic mass is 79.9. The lowest BCUT2D eigenvalue weighted by Gasteiger charge is -2.41. The summed E-state index contributed by atoms with van der Waals surface area (Å²) >= 11 is 3.62. The van der Waals surface area contributed by atoms with Gasteiger partial charge >= 0.3 is 0 Å². The van der Waals surface area contributed by atoms with E-state index in [-0.39, 0.29) is 0 Å². The first-order valence-corrected chi connectivity index (χ1v) is 20.1. The van der Waals surface area contributed by atoms with Crippen molar-refractivity contribution in [2.24, 2.45) is 0 Å². The molecule has 2 aliphatic rings. The fourth-order valence-electron chi connectivity index (χ4n) is 6.82. The van der Waals surface area contributed by atoms with Gasteiger partial charge in [0.25, 0.3) is 0 Å². The minimum Gasteiger partial charge on any atom is -0.492 e. The van der Waals surface area contributed by atoms with E-state index in [1.54, 1.807) is 19.5 Å². The summed E-state index contributed by atoms with van der Waals surface area (Å²) in [4.78, 5) is 19.3. The fraction of sp³-hybridized carbons (Fsp3) is 0.457. The van der Waals surface area contributed by atoms with Crippen LogP contribution in [0, 0.1) is 6.92 Å². The van der Waals surface area contributed by atoms with Gasteiger partial charge in [0.15, 0.2) is 0 Å². The third-order valence-corrected chi connectivity index (χ3v) is 11.2. The molecule has 2 aromatic heterocycles. The Morgan fingerprint density at radius 2 is 1.77 bits per heavy atom. The molecule has 4 heterocycles. The summed E-state index contributed by atoms with van der Waals surface area (Å²) < 4.78 is 20.4. The number of nitrogens with zero attached hydrogens (tertiary/aromatic N) is 5. The van der Waals surface area contributed by atoms with Crippen molar-refractivity contribution in [2.45, 2.75) is 46.1 Å². The van der Waals surface area contributed by atoms with E-state index in [0.717, 1.165) is 84.7 Å². The topological polar surface area (TPSA) is 108 Å². The molecule has 0 amide bonds. The number of rotatable bonds is 10. The number of hydrogen-bond acceptors (Lipinski definition) is 10. The van der Waals surface area contributed by atoms with E-state index >= 15 is 0 Å². The predicted molar refractivity (Wildman–Crippen MR) is 199 cm³/mol. The Morgan fingerprint density at radius 3 is 2.47 bits per heavy atom. The average molecular weight is 722 g/mol. The van der Waals surface area contributed by atoms with Crippen LogP contribution in [0.5, 0.6) is 5.75 Å². The molecule has 3 N–H and O–H groups in total. The lowest BCUT2D eigenvalue weighted by molar-refractivity contribution is 0.150. The number of pyridine rings is 1. The maximum Gasteiger partial charge on any atom is 0.229 e. The van der Waals surface area contributed by atoms with E-state index in [0.29, 0.717) is 28.9 Å². The Kier molecular flexibility index (Phi) is 10.4. The summed E-state index contributed by atoms with van der Waals surface area (Å²) in [5.74, 6) is 1.77. The smallest absolute Gasteiger partial charge is 0.229 e. The molecule has 250 valence electrons. The minimum absolute atomic E-state index is 0.430. The number of aromatic nitrogens is 3. The third-order valence-electron chi connectivity index (χ3n) is 9.10. The molecule has 0 aliphatic carbocycles. The van der Waals surface area contributed by atoms with Crippen LogP contribution >= 0.6 is 23.1 Å². The lowest BCUT2D eigenvalue weighted by atomic mass is 9.99. The van der Waals surface area contributed by atoms with Crippen LogP contribution < -0.4 is 30.9 Å². The number of piperidine rings is 1. The van der Waals surface area contributed by atoms with Gasteiger partial charge in [0.2, 0.25) is 5.95 Å². The number of fused-ring (bicyclic) bond motifs is 1. The summed E-state index contributed by atoms with van der Waals surface area (Å²) in [6.45, 7) is 16.8. The van der Waals surface area contributed by atoms with Gasteiger partial charge in [-0.25, -0.2) is 4.98 Å². The first-order chi connectivity index (χ1) is 22.6. The van der Waals surface area contributed by atoms with Gasteiger partial charge < -0.3 is 30.2 Å². The third kappa shape index (κ3) is 7.59. The van der Waals surface area contributed by atoms with Crippen molar-refractivity contribution in [1.82, 2.24) is 25.2 Å². The van der Waals surface area contributed by atoms with Crippen LogP contribution in [-0.2, 0) is 11.0 Å². The molecule has 0 radical (unpaired) electrons. The van der Waals surface area contributed by atoms with Gasteiger partial charge in [-0.3, -0.25) is 9.88 Å². The number of nitrogens with one attached hydrogen (secondary N) is 3. The van der Waals surface area contributed by atoms with Gasteiger partial charge in [-0.15, -0.1) is 0 Å². The van der Waals surface area contributed by atoms with Crippen molar-refractivity contribution in [3.63, 3.8) is 0 Å². The Morgan fingerprint density at radius 1 is 1.00 bits per heavy atom. The summed E-state index contributed by atoms with van der Waals surface area (Å²) in [7, 11) is -2.69. The molecule has 47 heavy (non-hydrogen) atoms. The molecular weight excluding hydrogens is 675 g/mol. The monoisotopic (exact) mass is 720 g/mol. The number of hydrogen-bond donors (Lipinski definition) is 3. The Bertz CT molecular complexity index is 1780. The van der Waals surface area contributed by atoms with Crippen molar-refractivity contribution < 1.29 is 9.30 Å². The van der Waals surface area contributed by atoms with E-state index < -0.39 is 7.14 Å². The van der Waals surface area contributed by atoms with E-state index in [9.17, 15) is 4.57 Å². The molecule has 0 saturated carbocycles. The van der Waals surface area contributed by atoms with Gasteiger partial charge in [0.1, 0.15) is 18.7 Å². The summed E-state index contributed by atoms with van der Waals surface area (Å²) in [5, 5.41) is 12.0. The number of halogens is 1. The van der Waals surface area contributed by atoms with Gasteiger partial charge in [0.05, 0.1) is 28.0 Å². The molecule has 2 aromatic carbocycles. The summed E-state index contributed by atoms with van der Waals surface area (Å²) in [5.41, 5.74) is 5.81. The highest BCUT2D eigenvalue weighted by Gasteiger charge is 2.27. The number of aryl methyl sites for hydroxylation is 2. The molecule has 2 saturated heterocycles. The van der Waals surface area contributed by atoms with Crippen LogP contribution in [-0.4, -0.2) is 85.1 Å². The predicted octanol–water partition coefficient (Wildman–Crippen LogP) is 6.67. The van der Waals surface area contributed by atoms with E-state index in [1.165, 1.54) is 24.1 Å². The van der Waals surface area contributed by atoms with Crippen LogP contribution in [0.25, 0.3) is 10.9 Å². The quantitative estimate of drug-likeness (QED) is 0.154. The van der Waals surface area contributed by atoms with Crippen molar-refractivity contribution >= 4 is 68.1 Å². The number of ether oxygens (including phenoxy) is 1. The van der Waals surface area contributed by atoms with Crippen LogP contribution in [0.3, 0.4) is 0 Å². The Labute approximate surface area is 286 Å². The van der Waals surface area contributed by atoms with E-state index in [2.05, 4.69) is 70.7 Å². The highest BCUT2D eigenvalue weighted by Crippen LogP contribution is 2.42. The zero-order valence-corrected chi connectivity index (χ0v) is 30.5. The molecule has 0 atom stereocenters. The lowest BCUT2D eigenvalue weighted by Crippen LogP contribution is -2.52. The molecule has 12 heteroatoms. The molecule has 0 unspecified atom stereocenters. The Balaban J connectivity index is 1.26. The summed E-state index contributed by atoms with van der Waals surface area (Å²) in [6, 6.07) is 12.9. The van der Waals surface area contributed by atoms with Crippen LogP contribution in [0.4, 0.5) is 28.8 Å². The second-order valence-corrected chi connectivity index (χ2v) is 16.7. The Hall–Kier alpha value is -3.24. The standard InChI is InChI=1S/C35H46BrN8O2P/c1-6-24-20-30(32(46-7-2)21-31(24)44-16-12-25(13-17-44)43-18-14-37-15-19-43)41-35-38-22-27(36)34(42-35)40-29-11-10-28-26(9-8-23(3)39-28)33(29)47(4,5)45/h8-11,20-22,25,37H,6-7,12-19H2,1-5H3,(H2,38,40,41,42). The van der Waals surface area contributed by atoms with Gasteiger partial charge in [-0.1, -0.05) is 13.0 Å². The molecule has 0 spiro atoms. The second-order valence-electron chi connectivity index (χ2n) is 12.7. The molecule has 4 aromatic rings. The zero-order valence-electron chi connectivity index (χ0n) is 28.1. The maximum absolute atomic E-state index is 13.6. The van der Waals surface area contributed by atoms with Crippen LogP contribution in [0.1, 0.15) is 37.9 Å². The molecule has 2 aliphatic heterocycles. The second kappa shape index (κ2) is 14.5. The largest absolute Gasteiger partial charge is 0.492 e. The average Bonchev–Trinajstić information content (AvgIpc) is 3.06. The zero-order chi connectivity index (χ0) is 33.1.